The van der Waals surface area contributed by atoms with Crippen LogP contribution in [0.25, 0.3) is 17.2 Å². The number of nitrogens with two attached hydrogens (primary N) is 2. The third kappa shape index (κ3) is 10.2. The highest BCUT2D eigenvalue weighted by molar-refractivity contribution is 6.07. The van der Waals surface area contributed by atoms with Crippen LogP contribution in [0.5, 0.6) is 5.75 Å². The minimum absolute atomic E-state index is 0.0362. The van der Waals surface area contributed by atoms with Crippen molar-refractivity contribution in [3.63, 3.8) is 0 Å². The highest BCUT2D eigenvalue weighted by atomic mass is 16.5. The summed E-state index contributed by atoms with van der Waals surface area (Å²) < 4.78 is 11.1. The Kier molecular flexibility index (Phi) is 12.2. The van der Waals surface area contributed by atoms with E-state index < -0.39 is 5.97 Å². The Morgan fingerprint density at radius 1 is 0.682 bits per heavy atom. The van der Waals surface area contributed by atoms with Gasteiger partial charge in [0.1, 0.15) is 5.75 Å². The van der Waals surface area contributed by atoms with Crippen LogP contribution in [0.3, 0.4) is 0 Å². The summed E-state index contributed by atoms with van der Waals surface area (Å²) >= 11 is 0. The molecule has 0 unspecified atom stereocenters. The van der Waals surface area contributed by atoms with Gasteiger partial charge >= 0.3 is 5.97 Å². The smallest absolute Gasteiger partial charge is 0.338 e. The molecule has 4 rings (SSSR count). The summed E-state index contributed by atoms with van der Waals surface area (Å²) in [6.45, 7) is 3.11. The molecule has 0 spiro atoms. The number of esters is 1. The molecule has 4 aromatic carbocycles. The molecule has 44 heavy (non-hydrogen) atoms. The van der Waals surface area contributed by atoms with E-state index in [0.717, 1.165) is 48.1 Å². The monoisotopic (exact) mass is 590 g/mol. The van der Waals surface area contributed by atoms with Gasteiger partial charge in [0.15, 0.2) is 5.78 Å². The zero-order chi connectivity index (χ0) is 31.1. The van der Waals surface area contributed by atoms with E-state index in [0.29, 0.717) is 35.7 Å². The summed E-state index contributed by atoms with van der Waals surface area (Å²) in [6.07, 6.45) is 10.7. The van der Waals surface area contributed by atoms with E-state index in [2.05, 4.69) is 31.2 Å². The SMILES string of the molecule is CCCCCc1ccc(-c2ccc(C(=O)C=Cc3ccc(OCCCCCOC(=O)c4cc(N)cc(N)c4)cc3)cc2)cc1. The van der Waals surface area contributed by atoms with Gasteiger partial charge in [-0.05, 0) is 90.8 Å². The highest BCUT2D eigenvalue weighted by Gasteiger charge is 2.09. The van der Waals surface area contributed by atoms with Gasteiger partial charge in [-0.15, -0.1) is 0 Å². The van der Waals surface area contributed by atoms with Crippen molar-refractivity contribution < 1.29 is 19.1 Å². The fraction of sp³-hybridized carbons (Fsp3) is 0.263. The van der Waals surface area contributed by atoms with Gasteiger partial charge in [-0.25, -0.2) is 4.79 Å². The maximum absolute atomic E-state index is 12.7. The number of carbonyl (C=O) groups excluding carboxylic acids is 2. The number of benzene rings is 4. The van der Waals surface area contributed by atoms with Crippen LogP contribution >= 0.6 is 0 Å². The van der Waals surface area contributed by atoms with E-state index in [1.54, 1.807) is 24.3 Å². The largest absolute Gasteiger partial charge is 0.494 e. The number of aryl methyl sites for hydroxylation is 1. The number of ketones is 1. The van der Waals surface area contributed by atoms with Crippen molar-refractivity contribution in [1.29, 1.82) is 0 Å². The molecule has 0 aliphatic rings. The lowest BCUT2D eigenvalue weighted by atomic mass is 9.99. The van der Waals surface area contributed by atoms with E-state index in [4.69, 9.17) is 20.9 Å². The van der Waals surface area contributed by atoms with Crippen molar-refractivity contribution in [2.45, 2.75) is 51.9 Å². The molecule has 228 valence electrons. The van der Waals surface area contributed by atoms with E-state index >= 15 is 0 Å². The first kappa shape index (κ1) is 32.1. The number of rotatable bonds is 16. The average Bonchev–Trinajstić information content (AvgIpc) is 3.03. The minimum atomic E-state index is -0.427. The van der Waals surface area contributed by atoms with Crippen molar-refractivity contribution in [3.05, 3.63) is 119 Å². The summed E-state index contributed by atoms with van der Waals surface area (Å²) in [5.74, 6) is 0.304. The van der Waals surface area contributed by atoms with E-state index in [-0.39, 0.29) is 5.78 Å². The Bertz CT molecular complexity index is 1500. The lowest BCUT2D eigenvalue weighted by Gasteiger charge is -2.08. The lowest BCUT2D eigenvalue weighted by molar-refractivity contribution is 0.0497. The van der Waals surface area contributed by atoms with Crippen molar-refractivity contribution >= 4 is 29.2 Å². The molecule has 4 aromatic rings. The van der Waals surface area contributed by atoms with Crippen molar-refractivity contribution in [2.75, 3.05) is 24.7 Å². The van der Waals surface area contributed by atoms with Crippen LogP contribution in [0.15, 0.2) is 97.1 Å². The van der Waals surface area contributed by atoms with Gasteiger partial charge < -0.3 is 20.9 Å². The average molecular weight is 591 g/mol. The molecule has 6 nitrogen and oxygen atoms in total. The molecule has 0 atom stereocenters. The topological polar surface area (TPSA) is 105 Å². The van der Waals surface area contributed by atoms with Crippen LogP contribution in [0, 0.1) is 0 Å². The molecule has 0 radical (unpaired) electrons. The first-order valence-corrected chi connectivity index (χ1v) is 15.4. The van der Waals surface area contributed by atoms with E-state index in [1.165, 1.54) is 24.8 Å². The summed E-state index contributed by atoms with van der Waals surface area (Å²) in [5.41, 5.74) is 17.9. The summed E-state index contributed by atoms with van der Waals surface area (Å²) in [5, 5.41) is 0. The first-order valence-electron chi connectivity index (χ1n) is 15.4. The normalized spacial score (nSPS) is 11.0. The van der Waals surface area contributed by atoms with E-state index in [1.807, 2.05) is 54.6 Å². The molecule has 0 bridgehead atoms. The lowest BCUT2D eigenvalue weighted by Crippen LogP contribution is -2.08. The van der Waals surface area contributed by atoms with Crippen LogP contribution in [0.4, 0.5) is 11.4 Å². The van der Waals surface area contributed by atoms with Gasteiger partial charge in [-0.1, -0.05) is 86.5 Å². The maximum Gasteiger partial charge on any atom is 0.338 e. The predicted molar refractivity (Wildman–Crippen MR) is 180 cm³/mol. The number of allylic oxidation sites excluding steroid dienone is 1. The molecule has 6 heteroatoms. The quantitative estimate of drug-likeness (QED) is 0.0445. The van der Waals surface area contributed by atoms with Crippen LogP contribution < -0.4 is 16.2 Å². The van der Waals surface area contributed by atoms with Gasteiger partial charge in [0.2, 0.25) is 0 Å². The maximum atomic E-state index is 12.7. The number of ether oxygens (including phenoxy) is 2. The van der Waals surface area contributed by atoms with Gasteiger partial charge in [0.25, 0.3) is 0 Å². The van der Waals surface area contributed by atoms with Gasteiger partial charge in [0.05, 0.1) is 18.8 Å². The molecule has 0 amide bonds. The van der Waals surface area contributed by atoms with Crippen LogP contribution in [-0.2, 0) is 11.2 Å². The van der Waals surface area contributed by atoms with Crippen molar-refractivity contribution in [2.24, 2.45) is 0 Å². The molecule has 4 N–H and O–H groups in total. The number of hydrogen-bond acceptors (Lipinski definition) is 6. The third-order valence-corrected chi connectivity index (χ3v) is 7.34. The molecule has 0 aliphatic carbocycles. The zero-order valence-electron chi connectivity index (χ0n) is 25.5. The number of anilines is 2. The predicted octanol–water partition coefficient (Wildman–Crippen LogP) is 8.55. The van der Waals surface area contributed by atoms with Gasteiger partial charge in [-0.2, -0.15) is 0 Å². The molecular formula is C38H42N2O4. The summed E-state index contributed by atoms with van der Waals surface area (Å²) in [6, 6.07) is 28.8. The first-order chi connectivity index (χ1) is 21.4. The molecule has 0 fully saturated rings. The molecule has 0 saturated heterocycles. The van der Waals surface area contributed by atoms with Gasteiger partial charge in [0, 0.05) is 16.9 Å². The fourth-order valence-electron chi connectivity index (χ4n) is 4.83. The zero-order valence-corrected chi connectivity index (χ0v) is 25.5. The second kappa shape index (κ2) is 16.7. The number of unbranched alkanes of at least 4 members (excludes halogenated alkanes) is 4. The fourth-order valence-corrected chi connectivity index (χ4v) is 4.83. The summed E-state index contributed by atoms with van der Waals surface area (Å²) in [4.78, 5) is 24.9. The third-order valence-electron chi connectivity index (χ3n) is 7.34. The second-order valence-corrected chi connectivity index (χ2v) is 10.9. The molecule has 0 aliphatic heterocycles. The minimum Gasteiger partial charge on any atom is -0.494 e. The Labute approximate surface area is 260 Å². The number of nitrogen functional groups attached to an aromatic ring is 2. The van der Waals surface area contributed by atoms with Crippen molar-refractivity contribution in [3.8, 4) is 16.9 Å². The molecule has 0 saturated carbocycles. The van der Waals surface area contributed by atoms with Gasteiger partial charge in [-0.3, -0.25) is 4.79 Å². The number of carbonyl (C=O) groups is 2. The number of hydrogen-bond donors (Lipinski definition) is 2. The Hall–Kier alpha value is -4.84. The van der Waals surface area contributed by atoms with Crippen LogP contribution in [-0.4, -0.2) is 25.0 Å². The Morgan fingerprint density at radius 3 is 1.98 bits per heavy atom. The van der Waals surface area contributed by atoms with E-state index in [9.17, 15) is 9.59 Å². The van der Waals surface area contributed by atoms with Crippen LogP contribution in [0.1, 0.15) is 77.3 Å². The molecular weight excluding hydrogens is 548 g/mol. The van der Waals surface area contributed by atoms with Crippen LogP contribution in [0.2, 0.25) is 0 Å². The Morgan fingerprint density at radius 2 is 1.32 bits per heavy atom. The molecule has 0 heterocycles. The highest BCUT2D eigenvalue weighted by Crippen LogP contribution is 2.22. The molecule has 0 aromatic heterocycles. The standard InChI is InChI=1S/C38H42N2O4/c1-2-3-5-8-28-9-14-30(15-10-28)31-16-18-32(19-17-31)37(41)22-13-29-11-20-36(21-12-29)43-23-6-4-7-24-44-38(42)33-25-34(39)27-35(40)26-33/h9-22,25-27H,2-8,23-24,39-40H2,1H3. The second-order valence-electron chi connectivity index (χ2n) is 10.9. The van der Waals surface area contributed by atoms with Crippen molar-refractivity contribution in [1.82, 2.24) is 0 Å². The summed E-state index contributed by atoms with van der Waals surface area (Å²) in [7, 11) is 0. The Balaban J connectivity index is 1.14.